The van der Waals surface area contributed by atoms with Gasteiger partial charge in [0.2, 0.25) is 0 Å². The third-order valence-electron chi connectivity index (χ3n) is 2.44. The van der Waals surface area contributed by atoms with E-state index in [4.69, 9.17) is 5.11 Å². The van der Waals surface area contributed by atoms with Crippen LogP contribution < -0.4 is 10.6 Å². The highest BCUT2D eigenvalue weighted by Gasteiger charge is 2.13. The fourth-order valence-corrected chi connectivity index (χ4v) is 1.59. The van der Waals surface area contributed by atoms with Crippen LogP contribution in [0.25, 0.3) is 0 Å². The molecule has 0 saturated heterocycles. The molecule has 0 unspecified atom stereocenters. The van der Waals surface area contributed by atoms with Crippen molar-refractivity contribution in [3.8, 4) is 5.75 Å². The average molecular weight is 276 g/mol. The number of carboxylic acid groups (broad SMARTS) is 1. The van der Waals surface area contributed by atoms with Gasteiger partial charge in [-0.25, -0.2) is 9.59 Å². The third-order valence-corrected chi connectivity index (χ3v) is 2.44. The minimum absolute atomic E-state index is 0.0803. The molecule has 0 fully saturated rings. The lowest BCUT2D eigenvalue weighted by Crippen LogP contribution is -2.20. The lowest BCUT2D eigenvalue weighted by Gasteiger charge is -2.09. The SMILES string of the molecule is Cn1cc(NC(=O)Nc2ccc(O)cc2C(=O)O)cn1. The van der Waals surface area contributed by atoms with Gasteiger partial charge in [0.05, 0.1) is 23.1 Å². The molecule has 2 aromatic rings. The summed E-state index contributed by atoms with van der Waals surface area (Å²) < 4.78 is 1.51. The van der Waals surface area contributed by atoms with Crippen LogP contribution in [0, 0.1) is 0 Å². The van der Waals surface area contributed by atoms with Gasteiger partial charge in [-0.1, -0.05) is 0 Å². The van der Waals surface area contributed by atoms with Gasteiger partial charge in [-0.2, -0.15) is 5.10 Å². The second kappa shape index (κ2) is 5.31. The molecular weight excluding hydrogens is 264 g/mol. The van der Waals surface area contributed by atoms with Gasteiger partial charge in [0.25, 0.3) is 0 Å². The van der Waals surface area contributed by atoms with E-state index >= 15 is 0 Å². The number of nitrogens with one attached hydrogen (secondary N) is 2. The Balaban J connectivity index is 2.13. The summed E-state index contributed by atoms with van der Waals surface area (Å²) in [5.41, 5.74) is 0.351. The smallest absolute Gasteiger partial charge is 0.337 e. The number of carboxylic acids is 1. The standard InChI is InChI=1S/C12H12N4O4/c1-16-6-7(5-13-16)14-12(20)15-10-3-2-8(17)4-9(10)11(18)19/h2-6,17H,1H3,(H,18,19)(H2,14,15,20). The molecule has 104 valence electrons. The molecule has 1 aromatic heterocycles. The summed E-state index contributed by atoms with van der Waals surface area (Å²) >= 11 is 0. The van der Waals surface area contributed by atoms with Crippen LogP contribution in [0.4, 0.5) is 16.2 Å². The molecule has 8 heteroatoms. The molecule has 0 radical (unpaired) electrons. The van der Waals surface area contributed by atoms with E-state index in [1.54, 1.807) is 13.2 Å². The summed E-state index contributed by atoms with van der Waals surface area (Å²) in [6, 6.07) is 3.04. The van der Waals surface area contributed by atoms with Gasteiger partial charge in [-0.3, -0.25) is 4.68 Å². The summed E-state index contributed by atoms with van der Waals surface area (Å²) in [4.78, 5) is 22.8. The number of aromatic nitrogens is 2. The van der Waals surface area contributed by atoms with E-state index in [-0.39, 0.29) is 17.0 Å². The summed E-state index contributed by atoms with van der Waals surface area (Å²) in [6.07, 6.45) is 3.04. The lowest BCUT2D eigenvalue weighted by atomic mass is 10.1. The first-order chi connectivity index (χ1) is 9.45. The highest BCUT2D eigenvalue weighted by molar-refractivity contribution is 6.04. The quantitative estimate of drug-likeness (QED) is 0.633. The van der Waals surface area contributed by atoms with Crippen molar-refractivity contribution in [1.82, 2.24) is 9.78 Å². The number of anilines is 2. The lowest BCUT2D eigenvalue weighted by molar-refractivity contribution is 0.0697. The predicted molar refractivity (Wildman–Crippen MR) is 70.9 cm³/mol. The molecule has 1 aromatic carbocycles. The van der Waals surface area contributed by atoms with Crippen LogP contribution in [0.1, 0.15) is 10.4 Å². The van der Waals surface area contributed by atoms with E-state index in [2.05, 4.69) is 15.7 Å². The molecule has 0 aliphatic carbocycles. The number of aromatic carboxylic acids is 1. The molecule has 2 amide bonds. The Morgan fingerprint density at radius 2 is 2.05 bits per heavy atom. The molecule has 1 heterocycles. The van der Waals surface area contributed by atoms with Crippen LogP contribution in [0.2, 0.25) is 0 Å². The largest absolute Gasteiger partial charge is 0.508 e. The van der Waals surface area contributed by atoms with E-state index in [1.165, 1.54) is 23.0 Å². The topological polar surface area (TPSA) is 116 Å². The first-order valence-electron chi connectivity index (χ1n) is 5.58. The average Bonchev–Trinajstić information content (AvgIpc) is 2.76. The summed E-state index contributed by atoms with van der Waals surface area (Å²) in [5, 5.41) is 27.0. The zero-order valence-corrected chi connectivity index (χ0v) is 10.5. The molecule has 4 N–H and O–H groups in total. The van der Waals surface area contributed by atoms with Crippen molar-refractivity contribution >= 4 is 23.4 Å². The second-order valence-electron chi connectivity index (χ2n) is 4.02. The number of aromatic hydroxyl groups is 1. The zero-order chi connectivity index (χ0) is 14.7. The second-order valence-corrected chi connectivity index (χ2v) is 4.02. The Morgan fingerprint density at radius 1 is 1.30 bits per heavy atom. The van der Waals surface area contributed by atoms with Gasteiger partial charge in [-0.05, 0) is 18.2 Å². The van der Waals surface area contributed by atoms with Crippen LogP contribution in [0.15, 0.2) is 30.6 Å². The summed E-state index contributed by atoms with van der Waals surface area (Å²) in [5.74, 6) is -1.45. The Hall–Kier alpha value is -3.03. The molecule has 20 heavy (non-hydrogen) atoms. The van der Waals surface area contributed by atoms with Crippen molar-refractivity contribution in [2.24, 2.45) is 7.05 Å². The van der Waals surface area contributed by atoms with E-state index in [1.807, 2.05) is 0 Å². The third kappa shape index (κ3) is 3.05. The summed E-state index contributed by atoms with van der Waals surface area (Å²) in [6.45, 7) is 0. The van der Waals surface area contributed by atoms with Crippen LogP contribution in [0.5, 0.6) is 5.75 Å². The van der Waals surface area contributed by atoms with Crippen molar-refractivity contribution in [3.05, 3.63) is 36.2 Å². The van der Waals surface area contributed by atoms with Crippen LogP contribution in [-0.2, 0) is 7.05 Å². The first kappa shape index (κ1) is 13.4. The fraction of sp³-hybridized carbons (Fsp3) is 0.0833. The van der Waals surface area contributed by atoms with Crippen molar-refractivity contribution in [3.63, 3.8) is 0 Å². The van der Waals surface area contributed by atoms with Gasteiger partial charge < -0.3 is 20.8 Å². The van der Waals surface area contributed by atoms with Crippen molar-refractivity contribution < 1.29 is 19.8 Å². The number of carbonyl (C=O) groups is 2. The minimum atomic E-state index is -1.25. The number of phenolic OH excluding ortho intramolecular Hbond substituents is 1. The van der Waals surface area contributed by atoms with Crippen LogP contribution in [0.3, 0.4) is 0 Å². The molecule has 0 aliphatic heterocycles. The van der Waals surface area contributed by atoms with E-state index < -0.39 is 12.0 Å². The summed E-state index contributed by atoms with van der Waals surface area (Å²) in [7, 11) is 1.70. The molecule has 0 aliphatic rings. The number of hydrogen-bond donors (Lipinski definition) is 4. The van der Waals surface area contributed by atoms with E-state index in [9.17, 15) is 14.7 Å². The van der Waals surface area contributed by atoms with Crippen LogP contribution >= 0.6 is 0 Å². The number of aryl methyl sites for hydroxylation is 1. The number of hydrogen-bond acceptors (Lipinski definition) is 4. The highest BCUT2D eigenvalue weighted by atomic mass is 16.4. The molecule has 0 spiro atoms. The van der Waals surface area contributed by atoms with Crippen molar-refractivity contribution in [2.75, 3.05) is 10.6 Å². The molecule has 0 atom stereocenters. The van der Waals surface area contributed by atoms with Gasteiger partial charge in [0.1, 0.15) is 5.75 Å². The van der Waals surface area contributed by atoms with Crippen molar-refractivity contribution in [2.45, 2.75) is 0 Å². The molecule has 0 bridgehead atoms. The van der Waals surface area contributed by atoms with Crippen molar-refractivity contribution in [1.29, 1.82) is 0 Å². The first-order valence-corrected chi connectivity index (χ1v) is 5.58. The molecule has 8 nitrogen and oxygen atoms in total. The number of urea groups is 1. The van der Waals surface area contributed by atoms with Crippen LogP contribution in [-0.4, -0.2) is 32.0 Å². The minimum Gasteiger partial charge on any atom is -0.508 e. The van der Waals surface area contributed by atoms with Gasteiger partial charge >= 0.3 is 12.0 Å². The highest BCUT2D eigenvalue weighted by Crippen LogP contribution is 2.21. The number of nitrogens with zero attached hydrogens (tertiary/aromatic N) is 2. The monoisotopic (exact) mass is 276 g/mol. The number of carbonyl (C=O) groups excluding carboxylic acids is 1. The van der Waals surface area contributed by atoms with Gasteiger partial charge in [-0.15, -0.1) is 0 Å². The Kier molecular flexibility index (Phi) is 3.56. The molecule has 0 saturated carbocycles. The number of benzene rings is 1. The fourth-order valence-electron chi connectivity index (χ4n) is 1.59. The number of amides is 2. The normalized spacial score (nSPS) is 10.1. The Morgan fingerprint density at radius 3 is 2.65 bits per heavy atom. The Labute approximate surface area is 113 Å². The maximum Gasteiger partial charge on any atom is 0.337 e. The van der Waals surface area contributed by atoms with E-state index in [0.29, 0.717) is 5.69 Å². The van der Waals surface area contributed by atoms with Gasteiger partial charge in [0, 0.05) is 13.2 Å². The number of rotatable bonds is 3. The number of phenols is 1. The van der Waals surface area contributed by atoms with Gasteiger partial charge in [0.15, 0.2) is 0 Å². The predicted octanol–water partition coefficient (Wildman–Crippen LogP) is 1.47. The molecule has 2 rings (SSSR count). The Bertz CT molecular complexity index is 665. The maximum atomic E-state index is 11.7. The van der Waals surface area contributed by atoms with E-state index in [0.717, 1.165) is 6.07 Å². The zero-order valence-electron chi connectivity index (χ0n) is 10.5. The maximum absolute atomic E-state index is 11.7. The molecular formula is C12H12N4O4.